The normalized spacial score (nSPS) is 10.7. The molecule has 3 aromatic rings. The molecule has 0 fully saturated rings. The molecule has 0 radical (unpaired) electrons. The molecule has 0 bridgehead atoms. The van der Waals surface area contributed by atoms with Gasteiger partial charge in [-0.3, -0.25) is 4.79 Å². The standard InChI is InChI=1S/C15H8F4N4O/c16-8-1-3-11(18)13(5-8)21-15(24)14-20-7-23(22-14)9-2-4-10(17)12(19)6-9/h1-7H,(H,21,24). The van der Waals surface area contributed by atoms with Crippen LogP contribution in [-0.2, 0) is 0 Å². The van der Waals surface area contributed by atoms with Crippen molar-refractivity contribution in [1.29, 1.82) is 0 Å². The van der Waals surface area contributed by atoms with Crippen LogP contribution in [0.1, 0.15) is 10.6 Å². The fourth-order valence-corrected chi connectivity index (χ4v) is 1.89. The van der Waals surface area contributed by atoms with Gasteiger partial charge >= 0.3 is 0 Å². The molecule has 9 heteroatoms. The Morgan fingerprint density at radius 3 is 2.46 bits per heavy atom. The fourth-order valence-electron chi connectivity index (χ4n) is 1.89. The van der Waals surface area contributed by atoms with Crippen LogP contribution in [0.5, 0.6) is 0 Å². The number of halogens is 4. The average molecular weight is 336 g/mol. The van der Waals surface area contributed by atoms with E-state index in [9.17, 15) is 22.4 Å². The van der Waals surface area contributed by atoms with E-state index in [2.05, 4.69) is 15.4 Å². The largest absolute Gasteiger partial charge is 0.317 e. The Labute approximate surface area is 132 Å². The Morgan fingerprint density at radius 2 is 1.71 bits per heavy atom. The van der Waals surface area contributed by atoms with Crippen LogP contribution in [-0.4, -0.2) is 20.7 Å². The zero-order valence-electron chi connectivity index (χ0n) is 11.8. The van der Waals surface area contributed by atoms with Gasteiger partial charge in [0.25, 0.3) is 5.91 Å². The molecule has 0 saturated heterocycles. The van der Waals surface area contributed by atoms with Gasteiger partial charge in [-0.1, -0.05) is 0 Å². The summed E-state index contributed by atoms with van der Waals surface area (Å²) in [5, 5.41) is 5.91. The minimum Gasteiger partial charge on any atom is -0.317 e. The molecular weight excluding hydrogens is 328 g/mol. The number of amides is 1. The average Bonchev–Trinajstić information content (AvgIpc) is 3.03. The number of rotatable bonds is 3. The van der Waals surface area contributed by atoms with Gasteiger partial charge in [0.15, 0.2) is 11.6 Å². The second-order valence-corrected chi connectivity index (χ2v) is 4.69. The Kier molecular flexibility index (Phi) is 3.98. The molecule has 0 saturated carbocycles. The first-order valence-corrected chi connectivity index (χ1v) is 6.57. The van der Waals surface area contributed by atoms with Crippen molar-refractivity contribution in [1.82, 2.24) is 14.8 Å². The van der Waals surface area contributed by atoms with Crippen molar-refractivity contribution >= 4 is 11.6 Å². The summed E-state index contributed by atoms with van der Waals surface area (Å²) < 4.78 is 53.7. The van der Waals surface area contributed by atoms with E-state index in [-0.39, 0.29) is 17.2 Å². The molecule has 0 aliphatic rings. The number of hydrogen-bond donors (Lipinski definition) is 1. The third-order valence-corrected chi connectivity index (χ3v) is 3.04. The van der Waals surface area contributed by atoms with Crippen LogP contribution in [0.25, 0.3) is 5.69 Å². The highest BCUT2D eigenvalue weighted by Crippen LogP contribution is 2.16. The van der Waals surface area contributed by atoms with Crippen LogP contribution in [0.15, 0.2) is 42.7 Å². The Bertz CT molecular complexity index is 926. The van der Waals surface area contributed by atoms with E-state index in [1.165, 1.54) is 6.07 Å². The van der Waals surface area contributed by atoms with Gasteiger partial charge in [-0.05, 0) is 24.3 Å². The van der Waals surface area contributed by atoms with Crippen molar-refractivity contribution < 1.29 is 22.4 Å². The first kappa shape index (κ1) is 15.7. The molecule has 1 aromatic heterocycles. The van der Waals surface area contributed by atoms with Gasteiger partial charge in [-0.25, -0.2) is 27.2 Å². The summed E-state index contributed by atoms with van der Waals surface area (Å²) in [6.07, 6.45) is 1.10. The Morgan fingerprint density at radius 1 is 0.958 bits per heavy atom. The van der Waals surface area contributed by atoms with Gasteiger partial charge in [0, 0.05) is 12.1 Å². The Balaban J connectivity index is 1.83. The number of nitrogens with zero attached hydrogens (tertiary/aromatic N) is 3. The molecule has 24 heavy (non-hydrogen) atoms. The SMILES string of the molecule is O=C(Nc1cc(F)ccc1F)c1ncn(-c2ccc(F)c(F)c2)n1. The van der Waals surface area contributed by atoms with Crippen molar-refractivity contribution in [3.63, 3.8) is 0 Å². The summed E-state index contributed by atoms with van der Waals surface area (Å²) in [7, 11) is 0. The molecule has 0 aliphatic heterocycles. The highest BCUT2D eigenvalue weighted by molar-refractivity contribution is 6.01. The molecule has 1 heterocycles. The number of benzene rings is 2. The van der Waals surface area contributed by atoms with Crippen LogP contribution in [0.2, 0.25) is 0 Å². The highest BCUT2D eigenvalue weighted by Gasteiger charge is 2.15. The third kappa shape index (κ3) is 3.09. The number of hydrogen-bond acceptors (Lipinski definition) is 3. The van der Waals surface area contributed by atoms with Gasteiger partial charge in [0.1, 0.15) is 18.0 Å². The molecule has 1 N–H and O–H groups in total. The minimum absolute atomic E-state index is 0.136. The van der Waals surface area contributed by atoms with E-state index in [0.29, 0.717) is 0 Å². The number of nitrogens with one attached hydrogen (secondary N) is 1. The van der Waals surface area contributed by atoms with Gasteiger partial charge in [0.05, 0.1) is 11.4 Å². The topological polar surface area (TPSA) is 59.8 Å². The fraction of sp³-hybridized carbons (Fsp3) is 0. The Hall–Kier alpha value is -3.23. The van der Waals surface area contributed by atoms with Crippen molar-refractivity contribution in [2.75, 3.05) is 5.32 Å². The summed E-state index contributed by atoms with van der Waals surface area (Å²) >= 11 is 0. The van der Waals surface area contributed by atoms with Gasteiger partial charge < -0.3 is 5.32 Å². The molecule has 5 nitrogen and oxygen atoms in total. The maximum Gasteiger partial charge on any atom is 0.295 e. The predicted molar refractivity (Wildman–Crippen MR) is 75.6 cm³/mol. The summed E-state index contributed by atoms with van der Waals surface area (Å²) in [6, 6.07) is 5.58. The molecule has 0 unspecified atom stereocenters. The van der Waals surface area contributed by atoms with Crippen LogP contribution in [0.3, 0.4) is 0 Å². The zero-order valence-corrected chi connectivity index (χ0v) is 11.8. The lowest BCUT2D eigenvalue weighted by atomic mass is 10.3. The third-order valence-electron chi connectivity index (χ3n) is 3.04. The first-order chi connectivity index (χ1) is 11.4. The molecule has 1 amide bonds. The van der Waals surface area contributed by atoms with E-state index in [1.807, 2.05) is 0 Å². The second kappa shape index (κ2) is 6.11. The van der Waals surface area contributed by atoms with E-state index >= 15 is 0 Å². The summed E-state index contributed by atoms with van der Waals surface area (Å²) in [6.45, 7) is 0. The van der Waals surface area contributed by atoms with Crippen molar-refractivity contribution in [2.45, 2.75) is 0 Å². The van der Waals surface area contributed by atoms with E-state index in [0.717, 1.165) is 41.3 Å². The second-order valence-electron chi connectivity index (χ2n) is 4.69. The number of anilines is 1. The van der Waals surface area contributed by atoms with Crippen molar-refractivity contribution in [3.05, 3.63) is 71.8 Å². The number of carbonyl (C=O) groups is 1. The molecule has 3 rings (SSSR count). The monoisotopic (exact) mass is 336 g/mol. The molecule has 2 aromatic carbocycles. The van der Waals surface area contributed by atoms with Crippen LogP contribution in [0.4, 0.5) is 23.2 Å². The lowest BCUT2D eigenvalue weighted by molar-refractivity contribution is 0.101. The van der Waals surface area contributed by atoms with Crippen LogP contribution < -0.4 is 5.32 Å². The lowest BCUT2D eigenvalue weighted by Gasteiger charge is -2.04. The lowest BCUT2D eigenvalue weighted by Crippen LogP contribution is -2.15. The van der Waals surface area contributed by atoms with Gasteiger partial charge in [-0.15, -0.1) is 5.10 Å². The maximum atomic E-state index is 13.5. The van der Waals surface area contributed by atoms with Crippen molar-refractivity contribution in [3.8, 4) is 5.69 Å². The molecule has 122 valence electrons. The summed E-state index contributed by atoms with van der Waals surface area (Å²) in [5.74, 6) is -4.92. The van der Waals surface area contributed by atoms with Gasteiger partial charge in [-0.2, -0.15) is 0 Å². The first-order valence-electron chi connectivity index (χ1n) is 6.57. The highest BCUT2D eigenvalue weighted by atomic mass is 19.2. The van der Waals surface area contributed by atoms with Crippen LogP contribution in [0, 0.1) is 23.3 Å². The van der Waals surface area contributed by atoms with E-state index < -0.39 is 29.2 Å². The smallest absolute Gasteiger partial charge is 0.295 e. The maximum absolute atomic E-state index is 13.5. The van der Waals surface area contributed by atoms with E-state index in [1.54, 1.807) is 0 Å². The number of carbonyl (C=O) groups excluding carboxylic acids is 1. The quantitative estimate of drug-likeness (QED) is 0.748. The van der Waals surface area contributed by atoms with Crippen molar-refractivity contribution in [2.24, 2.45) is 0 Å². The predicted octanol–water partition coefficient (Wildman–Crippen LogP) is 3.08. The number of aromatic nitrogens is 3. The summed E-state index contributed by atoms with van der Waals surface area (Å²) in [4.78, 5) is 15.7. The molecule has 0 spiro atoms. The zero-order chi connectivity index (χ0) is 17.3. The summed E-state index contributed by atoms with van der Waals surface area (Å²) in [5.41, 5.74) is -0.235. The molecular formula is C15H8F4N4O. The minimum atomic E-state index is -1.09. The van der Waals surface area contributed by atoms with E-state index in [4.69, 9.17) is 0 Å². The van der Waals surface area contributed by atoms with Gasteiger partial charge in [0.2, 0.25) is 5.82 Å². The van der Waals surface area contributed by atoms with Crippen LogP contribution >= 0.6 is 0 Å². The molecule has 0 atom stereocenters. The molecule has 0 aliphatic carbocycles.